The molecule has 1 aromatic heterocycles. The summed E-state index contributed by atoms with van der Waals surface area (Å²) in [7, 11) is 0. The lowest BCUT2D eigenvalue weighted by atomic mass is 10.3. The maximum atomic E-state index is 12.6. The minimum atomic E-state index is -4.39. The second kappa shape index (κ2) is 4.56. The second-order valence-electron chi connectivity index (χ2n) is 2.83. The van der Waals surface area contributed by atoms with Crippen molar-refractivity contribution in [3.8, 4) is 0 Å². The van der Waals surface area contributed by atoms with Crippen LogP contribution in [-0.2, 0) is 12.3 Å². The van der Waals surface area contributed by atoms with Crippen molar-refractivity contribution in [2.24, 2.45) is 5.73 Å². The van der Waals surface area contributed by atoms with Crippen molar-refractivity contribution in [1.29, 1.82) is 0 Å². The molecule has 0 aliphatic heterocycles. The molecule has 0 bridgehead atoms. The summed E-state index contributed by atoms with van der Waals surface area (Å²) >= 11 is 0. The highest BCUT2D eigenvalue weighted by atomic mass is 19.3. The van der Waals surface area contributed by atoms with E-state index in [1.165, 1.54) is 0 Å². The average molecular weight is 227 g/mol. The summed E-state index contributed by atoms with van der Waals surface area (Å²) in [6, 6.07) is 0. The van der Waals surface area contributed by atoms with E-state index in [1.54, 1.807) is 0 Å². The molecule has 2 N–H and O–H groups in total. The molecule has 0 fully saturated rings. The second-order valence-corrected chi connectivity index (χ2v) is 2.83. The number of nitrogens with zero attached hydrogens (tertiary/aromatic N) is 2. The number of halogens is 4. The largest absolute Gasteiger partial charge is 0.383 e. The third-order valence-electron chi connectivity index (χ3n) is 1.63. The lowest BCUT2D eigenvalue weighted by molar-refractivity contribution is -0.152. The van der Waals surface area contributed by atoms with Crippen LogP contribution in [0, 0.1) is 0 Å². The third kappa shape index (κ3) is 2.65. The molecule has 0 aliphatic carbocycles. The zero-order valence-corrected chi connectivity index (χ0v) is 7.59. The first-order chi connectivity index (χ1) is 6.98. The Morgan fingerprint density at radius 3 is 2.60 bits per heavy atom. The van der Waals surface area contributed by atoms with E-state index < -0.39 is 18.2 Å². The first-order valence-corrected chi connectivity index (χ1v) is 4.17. The molecule has 0 atom stereocenters. The summed E-state index contributed by atoms with van der Waals surface area (Å²) in [5, 5.41) is 3.15. The summed E-state index contributed by atoms with van der Waals surface area (Å²) in [6.45, 7) is 0.328. The molecule has 15 heavy (non-hydrogen) atoms. The van der Waals surface area contributed by atoms with Crippen LogP contribution in [-0.4, -0.2) is 23.1 Å². The Morgan fingerprint density at radius 1 is 1.40 bits per heavy atom. The van der Waals surface area contributed by atoms with Gasteiger partial charge in [-0.1, -0.05) is 5.16 Å². The van der Waals surface area contributed by atoms with E-state index in [9.17, 15) is 17.6 Å². The van der Waals surface area contributed by atoms with Crippen LogP contribution >= 0.6 is 0 Å². The number of aryl methyl sites for hydroxylation is 1. The van der Waals surface area contributed by atoms with Gasteiger partial charge in [0.25, 0.3) is 0 Å². The number of nitrogens with two attached hydrogens (primary N) is 1. The minimum absolute atomic E-state index is 0.0456. The van der Waals surface area contributed by atoms with Crippen LogP contribution in [0.4, 0.5) is 17.6 Å². The number of hydrogen-bond acceptors (Lipinski definition) is 4. The number of hydrogen-bond donors (Lipinski definition) is 1. The maximum absolute atomic E-state index is 12.6. The molecule has 1 heterocycles. The first kappa shape index (κ1) is 11.9. The van der Waals surface area contributed by atoms with Gasteiger partial charge in [0.1, 0.15) is 0 Å². The smallest absolute Gasteiger partial charge is 0.332 e. The van der Waals surface area contributed by atoms with E-state index in [1.807, 2.05) is 0 Å². The van der Waals surface area contributed by atoms with E-state index in [-0.39, 0.29) is 12.2 Å². The Morgan fingerprint density at radius 2 is 2.07 bits per heavy atom. The molecule has 0 aliphatic rings. The predicted octanol–water partition coefficient (Wildman–Crippen LogP) is 1.32. The monoisotopic (exact) mass is 227 g/mol. The van der Waals surface area contributed by atoms with Gasteiger partial charge in [0.2, 0.25) is 0 Å². The molecule has 0 amide bonds. The van der Waals surface area contributed by atoms with Gasteiger partial charge in [-0.3, -0.25) is 0 Å². The van der Waals surface area contributed by atoms with Crippen molar-refractivity contribution in [3.05, 3.63) is 11.7 Å². The molecular formula is C7H9F4N3O. The van der Waals surface area contributed by atoms with E-state index in [0.717, 1.165) is 0 Å². The van der Waals surface area contributed by atoms with Crippen LogP contribution in [0.5, 0.6) is 0 Å². The Bertz CT molecular complexity index is 315. The predicted molar refractivity (Wildman–Crippen MR) is 41.6 cm³/mol. The SMILES string of the molecule is NCCCc1noc(C(F)(F)C(F)F)n1. The van der Waals surface area contributed by atoms with Crippen LogP contribution in [0.15, 0.2) is 4.52 Å². The van der Waals surface area contributed by atoms with E-state index >= 15 is 0 Å². The number of rotatable bonds is 5. The number of aromatic nitrogens is 2. The zero-order valence-electron chi connectivity index (χ0n) is 7.59. The molecule has 1 aromatic rings. The highest BCUT2D eigenvalue weighted by molar-refractivity contribution is 4.95. The molecule has 4 nitrogen and oxygen atoms in total. The molecule has 0 spiro atoms. The van der Waals surface area contributed by atoms with Gasteiger partial charge in [-0.25, -0.2) is 8.78 Å². The highest BCUT2D eigenvalue weighted by Gasteiger charge is 2.48. The van der Waals surface area contributed by atoms with Gasteiger partial charge in [-0.15, -0.1) is 0 Å². The van der Waals surface area contributed by atoms with Crippen molar-refractivity contribution in [1.82, 2.24) is 10.1 Å². The van der Waals surface area contributed by atoms with Crippen molar-refractivity contribution >= 4 is 0 Å². The molecule has 0 saturated carbocycles. The Hall–Kier alpha value is -1.18. The minimum Gasteiger partial charge on any atom is -0.332 e. The van der Waals surface area contributed by atoms with Gasteiger partial charge in [-0.2, -0.15) is 13.8 Å². The van der Waals surface area contributed by atoms with Gasteiger partial charge in [0, 0.05) is 6.42 Å². The van der Waals surface area contributed by atoms with Crippen molar-refractivity contribution < 1.29 is 22.1 Å². The van der Waals surface area contributed by atoms with Crippen LogP contribution in [0.1, 0.15) is 18.1 Å². The molecule has 0 aromatic carbocycles. The molecular weight excluding hydrogens is 218 g/mol. The van der Waals surface area contributed by atoms with Crippen molar-refractivity contribution in [2.45, 2.75) is 25.2 Å². The summed E-state index contributed by atoms with van der Waals surface area (Å²) in [6.07, 6.45) is -3.17. The lowest BCUT2D eigenvalue weighted by Crippen LogP contribution is -2.24. The van der Waals surface area contributed by atoms with Gasteiger partial charge >= 0.3 is 18.2 Å². The van der Waals surface area contributed by atoms with Crippen molar-refractivity contribution in [3.63, 3.8) is 0 Å². The standard InChI is InChI=1S/C7H9F4N3O/c8-5(9)7(10,11)6-13-4(14-15-6)2-1-3-12/h5H,1-3,12H2. The fourth-order valence-electron chi connectivity index (χ4n) is 0.844. The van der Waals surface area contributed by atoms with E-state index in [4.69, 9.17) is 5.73 Å². The summed E-state index contributed by atoms with van der Waals surface area (Å²) in [5.41, 5.74) is 5.16. The highest BCUT2D eigenvalue weighted by Crippen LogP contribution is 2.33. The molecule has 1 rings (SSSR count). The van der Waals surface area contributed by atoms with Gasteiger partial charge < -0.3 is 10.3 Å². The number of alkyl halides is 4. The molecule has 8 heteroatoms. The fraction of sp³-hybridized carbons (Fsp3) is 0.714. The Balaban J connectivity index is 2.75. The fourth-order valence-corrected chi connectivity index (χ4v) is 0.844. The molecule has 0 radical (unpaired) electrons. The maximum Gasteiger partial charge on any atom is 0.383 e. The summed E-state index contributed by atoms with van der Waals surface area (Å²) in [4.78, 5) is 3.18. The summed E-state index contributed by atoms with van der Waals surface area (Å²) < 4.78 is 53.1. The third-order valence-corrected chi connectivity index (χ3v) is 1.63. The lowest BCUT2D eigenvalue weighted by Gasteiger charge is -2.08. The van der Waals surface area contributed by atoms with Crippen LogP contribution in [0.2, 0.25) is 0 Å². The Labute approximate surface area is 82.4 Å². The van der Waals surface area contributed by atoms with Crippen LogP contribution < -0.4 is 5.73 Å². The average Bonchev–Trinajstić information content (AvgIpc) is 2.63. The van der Waals surface area contributed by atoms with Gasteiger partial charge in [0.05, 0.1) is 0 Å². The van der Waals surface area contributed by atoms with Crippen LogP contribution in [0.3, 0.4) is 0 Å². The molecule has 0 saturated heterocycles. The molecule has 0 unspecified atom stereocenters. The van der Waals surface area contributed by atoms with E-state index in [2.05, 4.69) is 14.7 Å². The van der Waals surface area contributed by atoms with E-state index in [0.29, 0.717) is 13.0 Å². The Kier molecular flexibility index (Phi) is 3.61. The van der Waals surface area contributed by atoms with Gasteiger partial charge in [-0.05, 0) is 13.0 Å². The summed E-state index contributed by atoms with van der Waals surface area (Å²) in [5.74, 6) is -5.80. The van der Waals surface area contributed by atoms with Crippen LogP contribution in [0.25, 0.3) is 0 Å². The quantitative estimate of drug-likeness (QED) is 0.770. The molecule has 86 valence electrons. The van der Waals surface area contributed by atoms with Crippen molar-refractivity contribution in [2.75, 3.05) is 6.54 Å². The zero-order chi connectivity index (χ0) is 11.5. The normalized spacial score (nSPS) is 12.4. The first-order valence-electron chi connectivity index (χ1n) is 4.17. The topological polar surface area (TPSA) is 64.9 Å². The van der Waals surface area contributed by atoms with Gasteiger partial charge in [0.15, 0.2) is 5.82 Å².